The van der Waals surface area contributed by atoms with E-state index in [9.17, 15) is 4.79 Å². The topological polar surface area (TPSA) is 65.4 Å². The molecule has 1 aliphatic carbocycles. The van der Waals surface area contributed by atoms with Crippen molar-refractivity contribution < 1.29 is 14.3 Å². The lowest BCUT2D eigenvalue weighted by Crippen LogP contribution is -2.13. The van der Waals surface area contributed by atoms with E-state index in [1.807, 2.05) is 18.2 Å². The Hall–Kier alpha value is -2.50. The van der Waals surface area contributed by atoms with Gasteiger partial charge in [0.25, 0.3) is 5.91 Å². The van der Waals surface area contributed by atoms with Gasteiger partial charge in [-0.2, -0.15) is 0 Å². The highest BCUT2D eigenvalue weighted by molar-refractivity contribution is 6.05. The number of carbonyl (C=O) groups excluding carboxylic acids is 1. The predicted molar refractivity (Wildman–Crippen MR) is 82.4 cm³/mol. The van der Waals surface area contributed by atoms with E-state index in [1.54, 1.807) is 31.1 Å². The first-order valence-electron chi connectivity index (χ1n) is 7.27. The lowest BCUT2D eigenvalue weighted by molar-refractivity contribution is 0.102. The largest absolute Gasteiger partial charge is 0.497 e. The molecule has 3 rings (SSSR count). The highest BCUT2D eigenvalue weighted by atomic mass is 16.5. The molecular formula is C16H19N3O3. The van der Waals surface area contributed by atoms with E-state index in [4.69, 9.17) is 9.47 Å². The number of hydrogen-bond donors (Lipinski definition) is 1. The van der Waals surface area contributed by atoms with Crippen LogP contribution in [0, 0.1) is 5.92 Å². The second-order valence-electron chi connectivity index (χ2n) is 5.46. The lowest BCUT2D eigenvalue weighted by atomic mass is 10.2. The molecule has 1 aromatic heterocycles. The number of carbonyl (C=O) groups is 1. The first kappa shape index (κ1) is 14.4. The average Bonchev–Trinajstić information content (AvgIpc) is 3.27. The predicted octanol–water partition coefficient (Wildman–Crippen LogP) is 2.47. The number of amides is 1. The van der Waals surface area contributed by atoms with E-state index in [0.717, 1.165) is 0 Å². The van der Waals surface area contributed by atoms with Gasteiger partial charge in [0.15, 0.2) is 0 Å². The Balaban J connectivity index is 1.72. The molecule has 0 aliphatic heterocycles. The summed E-state index contributed by atoms with van der Waals surface area (Å²) in [5.41, 5.74) is 1.10. The zero-order valence-corrected chi connectivity index (χ0v) is 12.7. The first-order valence-corrected chi connectivity index (χ1v) is 7.27. The Bertz CT molecular complexity index is 677. The van der Waals surface area contributed by atoms with Crippen molar-refractivity contribution in [3.8, 4) is 11.6 Å². The number of nitrogens with one attached hydrogen (secondary N) is 1. The number of rotatable bonds is 6. The highest BCUT2D eigenvalue weighted by Gasteiger charge is 2.24. The van der Waals surface area contributed by atoms with Crippen molar-refractivity contribution in [1.82, 2.24) is 9.78 Å². The Morgan fingerprint density at radius 3 is 3.00 bits per heavy atom. The zero-order valence-electron chi connectivity index (χ0n) is 12.7. The minimum absolute atomic E-state index is 0.243. The zero-order chi connectivity index (χ0) is 15.5. The quantitative estimate of drug-likeness (QED) is 0.890. The number of ether oxygens (including phenoxy) is 2. The lowest BCUT2D eigenvalue weighted by Gasteiger charge is -2.07. The molecule has 0 radical (unpaired) electrons. The second kappa shape index (κ2) is 6.09. The van der Waals surface area contributed by atoms with Gasteiger partial charge < -0.3 is 14.8 Å². The third-order valence-electron chi connectivity index (χ3n) is 3.52. The van der Waals surface area contributed by atoms with E-state index in [1.165, 1.54) is 12.8 Å². The van der Waals surface area contributed by atoms with Gasteiger partial charge in [0.1, 0.15) is 11.3 Å². The van der Waals surface area contributed by atoms with Gasteiger partial charge in [-0.25, -0.2) is 0 Å². The van der Waals surface area contributed by atoms with Gasteiger partial charge in [-0.1, -0.05) is 6.07 Å². The summed E-state index contributed by atoms with van der Waals surface area (Å²) < 4.78 is 12.4. The molecule has 1 aliphatic rings. The monoisotopic (exact) mass is 301 g/mol. The molecule has 0 atom stereocenters. The highest BCUT2D eigenvalue weighted by Crippen LogP contribution is 2.30. The molecule has 1 aromatic carbocycles. The molecule has 0 spiro atoms. The number of anilines is 1. The van der Waals surface area contributed by atoms with Gasteiger partial charge in [0, 0.05) is 25.0 Å². The summed E-state index contributed by atoms with van der Waals surface area (Å²) in [5, 5.41) is 7.05. The summed E-state index contributed by atoms with van der Waals surface area (Å²) in [4.78, 5) is 12.4. The van der Waals surface area contributed by atoms with E-state index in [-0.39, 0.29) is 5.91 Å². The molecule has 1 amide bonds. The Morgan fingerprint density at radius 2 is 2.27 bits per heavy atom. The summed E-state index contributed by atoms with van der Waals surface area (Å²) in [6, 6.07) is 7.21. The average molecular weight is 301 g/mol. The molecule has 1 N–H and O–H groups in total. The summed E-state index contributed by atoms with van der Waals surface area (Å²) in [7, 11) is 3.36. The van der Waals surface area contributed by atoms with Gasteiger partial charge in [-0.15, -0.1) is 5.10 Å². The summed E-state index contributed by atoms with van der Waals surface area (Å²) in [6.07, 6.45) is 4.05. The van der Waals surface area contributed by atoms with Crippen LogP contribution in [-0.2, 0) is 7.05 Å². The molecule has 6 nitrogen and oxygen atoms in total. The maximum atomic E-state index is 12.4. The Morgan fingerprint density at radius 1 is 1.45 bits per heavy atom. The number of methoxy groups -OCH3 is 1. The number of nitrogens with zero attached hydrogens (tertiary/aromatic N) is 2. The number of benzene rings is 1. The van der Waals surface area contributed by atoms with Crippen LogP contribution in [0.1, 0.15) is 23.2 Å². The fraction of sp³-hybridized carbons (Fsp3) is 0.375. The molecule has 1 fully saturated rings. The van der Waals surface area contributed by atoms with Crippen LogP contribution >= 0.6 is 0 Å². The van der Waals surface area contributed by atoms with E-state index < -0.39 is 0 Å². The number of aryl methyl sites for hydroxylation is 1. The SMILES string of the molecule is COc1cccc(NC(=O)c2cn(C)nc2OCC2CC2)c1. The van der Waals surface area contributed by atoms with Crippen LogP contribution in [0.5, 0.6) is 11.6 Å². The number of hydrogen-bond acceptors (Lipinski definition) is 4. The van der Waals surface area contributed by atoms with Gasteiger partial charge in [0.2, 0.25) is 5.88 Å². The molecule has 22 heavy (non-hydrogen) atoms. The van der Waals surface area contributed by atoms with Crippen molar-refractivity contribution in [2.45, 2.75) is 12.8 Å². The number of aromatic nitrogens is 2. The van der Waals surface area contributed by atoms with Gasteiger partial charge >= 0.3 is 0 Å². The standard InChI is InChI=1S/C16H19N3O3/c1-19-9-14(16(18-19)22-10-11-6-7-11)15(20)17-12-4-3-5-13(8-12)21-2/h3-5,8-9,11H,6-7,10H2,1-2H3,(H,17,20). The Labute approximate surface area is 129 Å². The minimum atomic E-state index is -0.243. The molecule has 0 saturated heterocycles. The van der Waals surface area contributed by atoms with E-state index in [0.29, 0.717) is 35.4 Å². The molecular weight excluding hydrogens is 282 g/mol. The smallest absolute Gasteiger partial charge is 0.262 e. The molecule has 2 aromatic rings. The maximum absolute atomic E-state index is 12.4. The van der Waals surface area contributed by atoms with Crippen molar-refractivity contribution >= 4 is 11.6 Å². The van der Waals surface area contributed by atoms with Crippen molar-refractivity contribution in [3.63, 3.8) is 0 Å². The minimum Gasteiger partial charge on any atom is -0.497 e. The van der Waals surface area contributed by atoms with Gasteiger partial charge in [0.05, 0.1) is 13.7 Å². The van der Waals surface area contributed by atoms with Gasteiger partial charge in [-0.05, 0) is 30.9 Å². The van der Waals surface area contributed by atoms with E-state index >= 15 is 0 Å². The van der Waals surface area contributed by atoms with Crippen molar-refractivity contribution in [3.05, 3.63) is 36.0 Å². The van der Waals surface area contributed by atoms with Crippen LogP contribution in [0.2, 0.25) is 0 Å². The van der Waals surface area contributed by atoms with Crippen LogP contribution in [0.4, 0.5) is 5.69 Å². The Kier molecular flexibility index (Phi) is 4.00. The maximum Gasteiger partial charge on any atom is 0.262 e. The molecule has 116 valence electrons. The van der Waals surface area contributed by atoms with Crippen LogP contribution in [-0.4, -0.2) is 29.4 Å². The summed E-state index contributed by atoms with van der Waals surface area (Å²) >= 11 is 0. The molecule has 1 heterocycles. The van der Waals surface area contributed by atoms with Crippen LogP contribution in [0.25, 0.3) is 0 Å². The fourth-order valence-electron chi connectivity index (χ4n) is 2.11. The summed E-state index contributed by atoms with van der Waals surface area (Å²) in [5.74, 6) is 1.44. The third-order valence-corrected chi connectivity index (χ3v) is 3.52. The van der Waals surface area contributed by atoms with Crippen molar-refractivity contribution in [1.29, 1.82) is 0 Å². The molecule has 0 unspecified atom stereocenters. The normalized spacial score (nSPS) is 13.7. The van der Waals surface area contributed by atoms with Crippen molar-refractivity contribution in [2.75, 3.05) is 19.0 Å². The molecule has 6 heteroatoms. The third kappa shape index (κ3) is 3.39. The van der Waals surface area contributed by atoms with Crippen LogP contribution in [0.3, 0.4) is 0 Å². The van der Waals surface area contributed by atoms with Crippen LogP contribution < -0.4 is 14.8 Å². The van der Waals surface area contributed by atoms with E-state index in [2.05, 4.69) is 10.4 Å². The summed E-state index contributed by atoms with van der Waals surface area (Å²) in [6.45, 7) is 0.621. The second-order valence-corrected chi connectivity index (χ2v) is 5.46. The first-order chi connectivity index (χ1) is 10.7. The van der Waals surface area contributed by atoms with Crippen molar-refractivity contribution in [2.24, 2.45) is 13.0 Å². The van der Waals surface area contributed by atoms with Gasteiger partial charge in [-0.3, -0.25) is 9.48 Å². The van der Waals surface area contributed by atoms with Crippen LogP contribution in [0.15, 0.2) is 30.5 Å². The fourth-order valence-corrected chi connectivity index (χ4v) is 2.11. The molecule has 0 bridgehead atoms. The molecule has 1 saturated carbocycles.